The van der Waals surface area contributed by atoms with Crippen LogP contribution in [0.3, 0.4) is 0 Å². The van der Waals surface area contributed by atoms with Gasteiger partial charge in [-0.25, -0.2) is 5.43 Å². The number of fused-ring (bicyclic) bond motifs is 1. The first-order valence-electron chi connectivity index (χ1n) is 7.26. The molecule has 0 aliphatic carbocycles. The highest BCUT2D eigenvalue weighted by Crippen LogP contribution is 2.26. The third-order valence-corrected chi connectivity index (χ3v) is 3.62. The Morgan fingerprint density at radius 1 is 1.00 bits per heavy atom. The molecule has 1 amide bonds. The fraction of sp³-hybridized carbons (Fsp3) is 0.0526. The lowest BCUT2D eigenvalue weighted by Gasteiger charge is -2.04. The lowest BCUT2D eigenvalue weighted by Crippen LogP contribution is -2.17. The smallest absolute Gasteiger partial charge is 0.271 e. The normalized spacial score (nSPS) is 11.0. The number of phenols is 1. The van der Waals surface area contributed by atoms with Crippen molar-refractivity contribution in [1.29, 1.82) is 0 Å². The Balaban J connectivity index is 1.80. The molecule has 0 aromatic heterocycles. The molecule has 3 aromatic rings. The van der Waals surface area contributed by atoms with E-state index in [1.807, 2.05) is 43.3 Å². The fourth-order valence-electron chi connectivity index (χ4n) is 2.35. The van der Waals surface area contributed by atoms with Crippen LogP contribution in [-0.2, 0) is 0 Å². The molecule has 0 radical (unpaired) electrons. The lowest BCUT2D eigenvalue weighted by atomic mass is 10.0. The number of nitrogens with zero attached hydrogens (tertiary/aromatic N) is 1. The van der Waals surface area contributed by atoms with Crippen LogP contribution < -0.4 is 5.43 Å². The quantitative estimate of drug-likeness (QED) is 0.573. The number of aryl methyl sites for hydroxylation is 1. The van der Waals surface area contributed by atoms with Crippen molar-refractivity contribution in [3.05, 3.63) is 77.4 Å². The molecule has 0 atom stereocenters. The van der Waals surface area contributed by atoms with Crippen molar-refractivity contribution in [3.63, 3.8) is 0 Å². The van der Waals surface area contributed by atoms with Gasteiger partial charge in [-0.3, -0.25) is 4.79 Å². The predicted molar refractivity (Wildman–Crippen MR) is 91.9 cm³/mol. The average Bonchev–Trinajstić information content (AvgIpc) is 2.58. The summed E-state index contributed by atoms with van der Waals surface area (Å²) in [6, 6.07) is 18.2. The van der Waals surface area contributed by atoms with Gasteiger partial charge < -0.3 is 5.11 Å². The molecule has 23 heavy (non-hydrogen) atoms. The average molecular weight is 304 g/mol. The number of nitrogens with one attached hydrogen (secondary N) is 1. The summed E-state index contributed by atoms with van der Waals surface area (Å²) in [6.45, 7) is 1.97. The second kappa shape index (κ2) is 6.32. The molecule has 114 valence electrons. The monoisotopic (exact) mass is 304 g/mol. The largest absolute Gasteiger partial charge is 0.507 e. The number of benzene rings is 3. The van der Waals surface area contributed by atoms with E-state index in [2.05, 4.69) is 10.5 Å². The first-order valence-corrected chi connectivity index (χ1v) is 7.26. The number of hydrogen-bond donors (Lipinski definition) is 2. The van der Waals surface area contributed by atoms with Crippen LogP contribution in [0.5, 0.6) is 5.75 Å². The zero-order chi connectivity index (χ0) is 16.2. The minimum absolute atomic E-state index is 0.224. The fourth-order valence-corrected chi connectivity index (χ4v) is 2.35. The summed E-state index contributed by atoms with van der Waals surface area (Å²) in [7, 11) is 0. The van der Waals surface area contributed by atoms with Crippen LogP contribution >= 0.6 is 0 Å². The molecule has 0 heterocycles. The molecule has 2 N–H and O–H groups in total. The maximum absolute atomic E-state index is 12.0. The molecule has 0 saturated heterocycles. The molecule has 0 fully saturated rings. The molecule has 3 rings (SSSR count). The lowest BCUT2D eigenvalue weighted by molar-refractivity contribution is 0.0955. The molecule has 0 spiro atoms. The summed E-state index contributed by atoms with van der Waals surface area (Å²) in [5.41, 5.74) is 4.99. The minimum atomic E-state index is -0.260. The molecular formula is C19H16N2O2. The van der Waals surface area contributed by atoms with Gasteiger partial charge in [-0.2, -0.15) is 5.10 Å². The standard InChI is InChI=1S/C19H16N2O2/c1-13-6-8-14(9-7-13)19(23)21-20-12-15-10-11-18(22)17-5-3-2-4-16(15)17/h2-12,22H,1H3,(H,21,23)/b20-12+. The zero-order valence-electron chi connectivity index (χ0n) is 12.7. The van der Waals surface area contributed by atoms with Gasteiger partial charge in [0.1, 0.15) is 5.75 Å². The summed E-state index contributed by atoms with van der Waals surface area (Å²) in [6.07, 6.45) is 1.58. The zero-order valence-corrected chi connectivity index (χ0v) is 12.7. The molecule has 0 aliphatic heterocycles. The van der Waals surface area contributed by atoms with E-state index < -0.39 is 0 Å². The summed E-state index contributed by atoms with van der Waals surface area (Å²) >= 11 is 0. The molecule has 0 aliphatic rings. The summed E-state index contributed by atoms with van der Waals surface area (Å²) < 4.78 is 0. The van der Waals surface area contributed by atoms with Gasteiger partial charge in [0, 0.05) is 16.5 Å². The van der Waals surface area contributed by atoms with Crippen LogP contribution in [0, 0.1) is 6.92 Å². The molecular weight excluding hydrogens is 288 g/mol. The maximum atomic E-state index is 12.0. The van der Waals surface area contributed by atoms with Crippen LogP contribution in [0.4, 0.5) is 0 Å². The number of phenolic OH excluding ortho intramolecular Hbond substituents is 1. The van der Waals surface area contributed by atoms with Crippen LogP contribution in [0.25, 0.3) is 10.8 Å². The van der Waals surface area contributed by atoms with E-state index in [1.54, 1.807) is 30.5 Å². The van der Waals surface area contributed by atoms with E-state index in [4.69, 9.17) is 0 Å². The molecule has 4 heteroatoms. The van der Waals surface area contributed by atoms with Crippen molar-refractivity contribution in [2.24, 2.45) is 5.10 Å². The number of carbonyl (C=O) groups is 1. The number of hydrogen-bond acceptors (Lipinski definition) is 3. The van der Waals surface area contributed by atoms with Crippen molar-refractivity contribution < 1.29 is 9.90 Å². The SMILES string of the molecule is Cc1ccc(C(=O)N/N=C/c2ccc(O)c3ccccc23)cc1. The Bertz CT molecular complexity index is 884. The number of rotatable bonds is 3. The van der Waals surface area contributed by atoms with Gasteiger partial charge in [0.25, 0.3) is 5.91 Å². The van der Waals surface area contributed by atoms with Crippen molar-refractivity contribution in [3.8, 4) is 5.75 Å². The third-order valence-electron chi connectivity index (χ3n) is 3.62. The predicted octanol–water partition coefficient (Wildman–Crippen LogP) is 3.62. The second-order valence-corrected chi connectivity index (χ2v) is 5.28. The highest BCUT2D eigenvalue weighted by molar-refractivity contribution is 6.02. The summed E-state index contributed by atoms with van der Waals surface area (Å²) in [5.74, 6) is -0.0363. The molecule has 0 bridgehead atoms. The first kappa shape index (κ1) is 14.8. The van der Waals surface area contributed by atoms with Gasteiger partial charge in [0.2, 0.25) is 0 Å². The highest BCUT2D eigenvalue weighted by Gasteiger charge is 2.04. The molecule has 0 unspecified atom stereocenters. The van der Waals surface area contributed by atoms with E-state index in [-0.39, 0.29) is 11.7 Å². The maximum Gasteiger partial charge on any atom is 0.271 e. The van der Waals surface area contributed by atoms with E-state index in [0.29, 0.717) is 5.56 Å². The van der Waals surface area contributed by atoms with E-state index in [0.717, 1.165) is 21.9 Å². The van der Waals surface area contributed by atoms with Crippen molar-refractivity contribution >= 4 is 22.9 Å². The van der Waals surface area contributed by atoms with Crippen LogP contribution in [0.1, 0.15) is 21.5 Å². The van der Waals surface area contributed by atoms with Gasteiger partial charge in [0.15, 0.2) is 0 Å². The van der Waals surface area contributed by atoms with Gasteiger partial charge in [-0.15, -0.1) is 0 Å². The van der Waals surface area contributed by atoms with Crippen molar-refractivity contribution in [1.82, 2.24) is 5.43 Å². The van der Waals surface area contributed by atoms with Gasteiger partial charge in [-0.1, -0.05) is 42.0 Å². The van der Waals surface area contributed by atoms with Crippen LogP contribution in [0.2, 0.25) is 0 Å². The Hall–Kier alpha value is -3.14. The van der Waals surface area contributed by atoms with Crippen LogP contribution in [0.15, 0.2) is 65.8 Å². The number of carbonyl (C=O) groups excluding carboxylic acids is 1. The second-order valence-electron chi connectivity index (χ2n) is 5.28. The van der Waals surface area contributed by atoms with Crippen molar-refractivity contribution in [2.75, 3.05) is 0 Å². The Labute approximate surface area is 134 Å². The Kier molecular flexibility index (Phi) is 4.06. The topological polar surface area (TPSA) is 61.7 Å². The molecule has 3 aromatic carbocycles. The van der Waals surface area contributed by atoms with E-state index in [1.165, 1.54) is 0 Å². The minimum Gasteiger partial charge on any atom is -0.507 e. The van der Waals surface area contributed by atoms with Crippen LogP contribution in [-0.4, -0.2) is 17.2 Å². The van der Waals surface area contributed by atoms with Gasteiger partial charge >= 0.3 is 0 Å². The Morgan fingerprint density at radius 3 is 2.43 bits per heavy atom. The third kappa shape index (κ3) is 3.21. The summed E-state index contributed by atoms with van der Waals surface area (Å²) in [5, 5.41) is 15.5. The van der Waals surface area contributed by atoms with Crippen molar-refractivity contribution in [2.45, 2.75) is 6.92 Å². The van der Waals surface area contributed by atoms with E-state index in [9.17, 15) is 9.90 Å². The first-order chi connectivity index (χ1) is 11.1. The van der Waals surface area contributed by atoms with Gasteiger partial charge in [-0.05, 0) is 36.6 Å². The Morgan fingerprint density at radius 2 is 1.70 bits per heavy atom. The number of hydrazone groups is 1. The molecule has 4 nitrogen and oxygen atoms in total. The highest BCUT2D eigenvalue weighted by atomic mass is 16.3. The van der Waals surface area contributed by atoms with E-state index >= 15 is 0 Å². The number of amides is 1. The molecule has 0 saturated carbocycles. The van der Waals surface area contributed by atoms with Gasteiger partial charge in [0.05, 0.1) is 6.21 Å². The number of aromatic hydroxyl groups is 1. The summed E-state index contributed by atoms with van der Waals surface area (Å²) in [4.78, 5) is 12.0.